The Morgan fingerprint density at radius 3 is 2.64 bits per heavy atom. The molecule has 2 rings (SSSR count). The van der Waals surface area contributed by atoms with E-state index in [2.05, 4.69) is 15.2 Å². The molecule has 0 amide bonds. The van der Waals surface area contributed by atoms with E-state index in [1.807, 2.05) is 30.3 Å². The van der Waals surface area contributed by atoms with Crippen molar-refractivity contribution < 1.29 is 0 Å². The average molecular weight is 204 g/mol. The van der Waals surface area contributed by atoms with Crippen LogP contribution in [0.2, 0.25) is 0 Å². The van der Waals surface area contributed by atoms with E-state index in [4.69, 9.17) is 5.73 Å². The molecule has 14 heavy (non-hydrogen) atoms. The highest BCUT2D eigenvalue weighted by molar-refractivity contribution is 7.18. The summed E-state index contributed by atoms with van der Waals surface area (Å²) in [4.78, 5) is 4.14. The predicted octanol–water partition coefficient (Wildman–Crippen LogP) is 1.87. The predicted molar refractivity (Wildman–Crippen MR) is 58.0 cm³/mol. The molecule has 0 fully saturated rings. The fourth-order valence-electron chi connectivity index (χ4n) is 0.947. The third kappa shape index (κ3) is 2.14. The highest BCUT2D eigenvalue weighted by atomic mass is 32.1. The number of benzene rings is 1. The van der Waals surface area contributed by atoms with Crippen molar-refractivity contribution in [2.75, 3.05) is 5.73 Å². The maximum absolute atomic E-state index is 5.42. The van der Waals surface area contributed by atoms with Crippen LogP contribution in [0.3, 0.4) is 0 Å². The molecule has 70 valence electrons. The van der Waals surface area contributed by atoms with Crippen LogP contribution in [0, 0.1) is 0 Å². The van der Waals surface area contributed by atoms with Gasteiger partial charge in [-0.1, -0.05) is 41.7 Å². The zero-order chi connectivity index (χ0) is 9.80. The van der Waals surface area contributed by atoms with Crippen molar-refractivity contribution >= 4 is 27.8 Å². The van der Waals surface area contributed by atoms with E-state index in [0.717, 1.165) is 5.56 Å². The third-order valence-corrected chi connectivity index (χ3v) is 2.21. The second-order valence-electron chi connectivity index (χ2n) is 2.59. The molecular weight excluding hydrogens is 196 g/mol. The zero-order valence-corrected chi connectivity index (χ0v) is 8.11. The van der Waals surface area contributed by atoms with Crippen LogP contribution in [0.4, 0.5) is 10.3 Å². The summed E-state index contributed by atoms with van der Waals surface area (Å²) in [5.74, 6) is 0. The molecule has 2 aromatic rings. The van der Waals surface area contributed by atoms with E-state index in [9.17, 15) is 0 Å². The molecule has 0 aliphatic rings. The summed E-state index contributed by atoms with van der Waals surface area (Å²) >= 11 is 1.26. The Bertz CT molecular complexity index is 435. The Hall–Kier alpha value is -1.75. The van der Waals surface area contributed by atoms with Gasteiger partial charge in [0, 0.05) is 6.21 Å². The van der Waals surface area contributed by atoms with E-state index < -0.39 is 0 Å². The molecular formula is C9H8N4S. The van der Waals surface area contributed by atoms with Crippen molar-refractivity contribution in [3.05, 3.63) is 35.9 Å². The number of nitrogens with zero attached hydrogens (tertiary/aromatic N) is 3. The van der Waals surface area contributed by atoms with Crippen LogP contribution in [0.1, 0.15) is 5.56 Å². The van der Waals surface area contributed by atoms with Crippen molar-refractivity contribution in [3.8, 4) is 0 Å². The standard InChI is InChI=1S/C9H8N4S/c10-8-12-13-9(14-8)11-6-7-4-2-1-3-5-7/h1-6H,(H2,10,12). The van der Waals surface area contributed by atoms with Crippen LogP contribution in [0.15, 0.2) is 35.3 Å². The summed E-state index contributed by atoms with van der Waals surface area (Å²) in [6.45, 7) is 0. The molecule has 0 unspecified atom stereocenters. The van der Waals surface area contributed by atoms with Crippen LogP contribution in [-0.4, -0.2) is 16.4 Å². The van der Waals surface area contributed by atoms with E-state index in [1.165, 1.54) is 11.3 Å². The van der Waals surface area contributed by atoms with Gasteiger partial charge in [0.1, 0.15) is 0 Å². The van der Waals surface area contributed by atoms with Gasteiger partial charge in [0.05, 0.1) is 0 Å². The number of aliphatic imine (C=N–C) groups is 1. The molecule has 0 saturated carbocycles. The van der Waals surface area contributed by atoms with Gasteiger partial charge in [-0.15, -0.1) is 10.2 Å². The lowest BCUT2D eigenvalue weighted by Crippen LogP contribution is -1.79. The Kier molecular flexibility index (Phi) is 2.51. The summed E-state index contributed by atoms with van der Waals surface area (Å²) < 4.78 is 0. The lowest BCUT2D eigenvalue weighted by atomic mass is 10.2. The first-order valence-electron chi connectivity index (χ1n) is 4.03. The second-order valence-corrected chi connectivity index (χ2v) is 3.58. The van der Waals surface area contributed by atoms with Gasteiger partial charge in [0.25, 0.3) is 0 Å². The zero-order valence-electron chi connectivity index (χ0n) is 7.29. The number of hydrogen-bond acceptors (Lipinski definition) is 5. The minimum absolute atomic E-state index is 0.435. The molecule has 2 N–H and O–H groups in total. The number of rotatable bonds is 2. The summed E-state index contributed by atoms with van der Waals surface area (Å²) in [5, 5.41) is 8.45. The smallest absolute Gasteiger partial charge is 0.233 e. The van der Waals surface area contributed by atoms with Crippen molar-refractivity contribution in [1.29, 1.82) is 0 Å². The third-order valence-electron chi connectivity index (χ3n) is 1.55. The van der Waals surface area contributed by atoms with Crippen molar-refractivity contribution in [3.63, 3.8) is 0 Å². The molecule has 0 spiro atoms. The highest BCUT2D eigenvalue weighted by Crippen LogP contribution is 2.19. The average Bonchev–Trinajstić information content (AvgIpc) is 2.63. The molecule has 0 aliphatic carbocycles. The molecule has 5 heteroatoms. The molecule has 0 saturated heterocycles. The summed E-state index contributed by atoms with van der Waals surface area (Å²) in [6, 6.07) is 9.80. The number of anilines is 1. The molecule has 0 atom stereocenters. The summed E-state index contributed by atoms with van der Waals surface area (Å²) in [5.41, 5.74) is 6.45. The largest absolute Gasteiger partial charge is 0.374 e. The SMILES string of the molecule is Nc1nnc(N=Cc2ccccc2)s1. The van der Waals surface area contributed by atoms with Crippen LogP contribution >= 0.6 is 11.3 Å². The van der Waals surface area contributed by atoms with Gasteiger partial charge in [0.2, 0.25) is 10.3 Å². The Morgan fingerprint density at radius 2 is 2.00 bits per heavy atom. The minimum atomic E-state index is 0.435. The quantitative estimate of drug-likeness (QED) is 0.759. The van der Waals surface area contributed by atoms with Gasteiger partial charge in [0.15, 0.2) is 0 Å². The first kappa shape index (κ1) is 8.83. The molecule has 0 radical (unpaired) electrons. The second kappa shape index (κ2) is 3.97. The molecule has 1 aromatic carbocycles. The van der Waals surface area contributed by atoms with E-state index in [0.29, 0.717) is 10.3 Å². The normalized spacial score (nSPS) is 10.9. The van der Waals surface area contributed by atoms with Crippen LogP contribution in [0.5, 0.6) is 0 Å². The van der Waals surface area contributed by atoms with Gasteiger partial charge in [-0.3, -0.25) is 0 Å². The maximum Gasteiger partial charge on any atom is 0.233 e. The van der Waals surface area contributed by atoms with Crippen LogP contribution < -0.4 is 5.73 Å². The fourth-order valence-corrected chi connectivity index (χ4v) is 1.40. The van der Waals surface area contributed by atoms with Crippen molar-refractivity contribution in [2.45, 2.75) is 0 Å². The van der Waals surface area contributed by atoms with Gasteiger partial charge >= 0.3 is 0 Å². The van der Waals surface area contributed by atoms with E-state index >= 15 is 0 Å². The molecule has 0 aliphatic heterocycles. The number of aromatic nitrogens is 2. The molecule has 4 nitrogen and oxygen atoms in total. The van der Waals surface area contributed by atoms with Gasteiger partial charge in [-0.25, -0.2) is 4.99 Å². The maximum atomic E-state index is 5.42. The topological polar surface area (TPSA) is 64.2 Å². The first-order valence-corrected chi connectivity index (χ1v) is 4.84. The Balaban J connectivity index is 2.15. The van der Waals surface area contributed by atoms with Gasteiger partial charge in [-0.05, 0) is 5.56 Å². The minimum Gasteiger partial charge on any atom is -0.374 e. The molecule has 1 heterocycles. The van der Waals surface area contributed by atoms with E-state index in [1.54, 1.807) is 6.21 Å². The highest BCUT2D eigenvalue weighted by Gasteiger charge is 1.95. The lowest BCUT2D eigenvalue weighted by Gasteiger charge is -1.87. The number of nitrogens with two attached hydrogens (primary N) is 1. The fraction of sp³-hybridized carbons (Fsp3) is 0. The lowest BCUT2D eigenvalue weighted by molar-refractivity contribution is 1.09. The first-order chi connectivity index (χ1) is 6.84. The summed E-state index contributed by atoms with van der Waals surface area (Å²) in [7, 11) is 0. The van der Waals surface area contributed by atoms with Gasteiger partial charge < -0.3 is 5.73 Å². The van der Waals surface area contributed by atoms with Crippen molar-refractivity contribution in [2.24, 2.45) is 4.99 Å². The molecule has 0 bridgehead atoms. The van der Waals surface area contributed by atoms with Crippen molar-refractivity contribution in [1.82, 2.24) is 10.2 Å². The van der Waals surface area contributed by atoms with Crippen LogP contribution in [-0.2, 0) is 0 Å². The molecule has 1 aromatic heterocycles. The summed E-state index contributed by atoms with van der Waals surface area (Å²) in [6.07, 6.45) is 1.74. The number of nitrogen functional groups attached to an aromatic ring is 1. The van der Waals surface area contributed by atoms with Crippen LogP contribution in [0.25, 0.3) is 0 Å². The van der Waals surface area contributed by atoms with E-state index in [-0.39, 0.29) is 0 Å². The Labute approximate surface area is 85.1 Å². The van der Waals surface area contributed by atoms with Gasteiger partial charge in [-0.2, -0.15) is 0 Å². The monoisotopic (exact) mass is 204 g/mol. The number of hydrogen-bond donors (Lipinski definition) is 1. The Morgan fingerprint density at radius 1 is 1.21 bits per heavy atom.